The van der Waals surface area contributed by atoms with Gasteiger partial charge in [0.15, 0.2) is 0 Å². The van der Waals surface area contributed by atoms with Gasteiger partial charge in [0, 0.05) is 69.2 Å². The van der Waals surface area contributed by atoms with Crippen molar-refractivity contribution in [1.82, 2.24) is 15.1 Å². The van der Waals surface area contributed by atoms with E-state index < -0.39 is 17.8 Å². The second kappa shape index (κ2) is 17.4. The SMILES string of the molecule is N#Cc1ccc(N2CCC(c3ccc(OCCCCCCCN4CCN(c5ccc6c(c5)CN(C5CCC(=O)NC5=O)C6=O)CC4)cc3)CC2)cc1C(F)(F)F. The summed E-state index contributed by atoms with van der Waals surface area (Å²) in [5.41, 5.74) is 3.18. The molecule has 3 aromatic carbocycles. The van der Waals surface area contributed by atoms with Crippen LogP contribution >= 0.6 is 0 Å². The molecule has 3 saturated heterocycles. The van der Waals surface area contributed by atoms with Crippen LogP contribution in [0, 0.1) is 11.3 Å². The molecular formula is C43H49F3N6O4. The molecule has 4 aliphatic heterocycles. The van der Waals surface area contributed by atoms with E-state index in [2.05, 4.69) is 33.3 Å². The number of carbonyl (C=O) groups excluding carboxylic acids is 3. The van der Waals surface area contributed by atoms with E-state index in [9.17, 15) is 27.6 Å². The number of piperazine rings is 1. The predicted molar refractivity (Wildman–Crippen MR) is 207 cm³/mol. The lowest BCUT2D eigenvalue weighted by Crippen LogP contribution is -2.52. The first kappa shape index (κ1) is 39.2. The number of benzene rings is 3. The Morgan fingerprint density at radius 3 is 2.18 bits per heavy atom. The zero-order valence-electron chi connectivity index (χ0n) is 31.7. The smallest absolute Gasteiger partial charge is 0.417 e. The molecule has 296 valence electrons. The third-order valence-corrected chi connectivity index (χ3v) is 11.8. The van der Waals surface area contributed by atoms with Gasteiger partial charge in [0.2, 0.25) is 11.8 Å². The predicted octanol–water partition coefficient (Wildman–Crippen LogP) is 6.87. The van der Waals surface area contributed by atoms with E-state index in [0.717, 1.165) is 81.5 Å². The minimum atomic E-state index is -4.56. The normalized spacial score (nSPS) is 19.6. The molecule has 3 amide bonds. The molecule has 7 rings (SSSR count). The second-order valence-corrected chi connectivity index (χ2v) is 15.4. The zero-order valence-corrected chi connectivity index (χ0v) is 31.7. The van der Waals surface area contributed by atoms with Crippen LogP contribution < -0.4 is 19.9 Å². The van der Waals surface area contributed by atoms with E-state index in [1.807, 2.05) is 29.2 Å². The van der Waals surface area contributed by atoms with Crippen molar-refractivity contribution in [2.45, 2.75) is 82.5 Å². The number of nitrogens with zero attached hydrogens (tertiary/aromatic N) is 5. The average molecular weight is 771 g/mol. The van der Waals surface area contributed by atoms with Gasteiger partial charge in [-0.25, -0.2) is 0 Å². The summed E-state index contributed by atoms with van der Waals surface area (Å²) in [6, 6.07) is 19.2. The summed E-state index contributed by atoms with van der Waals surface area (Å²) in [7, 11) is 0. The highest BCUT2D eigenvalue weighted by atomic mass is 19.4. The van der Waals surface area contributed by atoms with Crippen molar-refractivity contribution in [2.24, 2.45) is 0 Å². The second-order valence-electron chi connectivity index (χ2n) is 15.4. The fourth-order valence-electron chi connectivity index (χ4n) is 8.51. The fourth-order valence-corrected chi connectivity index (χ4v) is 8.51. The van der Waals surface area contributed by atoms with E-state index >= 15 is 0 Å². The number of fused-ring (bicyclic) bond motifs is 1. The van der Waals surface area contributed by atoms with Crippen molar-refractivity contribution in [1.29, 1.82) is 5.26 Å². The quantitative estimate of drug-likeness (QED) is 0.148. The lowest BCUT2D eigenvalue weighted by molar-refractivity contribution is -0.138. The van der Waals surface area contributed by atoms with Crippen molar-refractivity contribution in [3.8, 4) is 11.8 Å². The number of halogens is 3. The number of amides is 3. The van der Waals surface area contributed by atoms with Crippen molar-refractivity contribution in [3.05, 3.63) is 88.5 Å². The van der Waals surface area contributed by atoms with E-state index in [4.69, 9.17) is 10.00 Å². The van der Waals surface area contributed by atoms with Crippen molar-refractivity contribution in [3.63, 3.8) is 0 Å². The van der Waals surface area contributed by atoms with Crippen LogP contribution in [0.15, 0.2) is 60.7 Å². The molecule has 0 aromatic heterocycles. The molecular weight excluding hydrogens is 722 g/mol. The molecule has 0 saturated carbocycles. The highest BCUT2D eigenvalue weighted by molar-refractivity contribution is 6.05. The highest BCUT2D eigenvalue weighted by Gasteiger charge is 2.39. The van der Waals surface area contributed by atoms with Gasteiger partial charge in [-0.15, -0.1) is 0 Å². The van der Waals surface area contributed by atoms with Gasteiger partial charge in [-0.05, 0) is 104 Å². The topological polar surface area (TPSA) is 109 Å². The molecule has 0 bridgehead atoms. The number of unbranched alkanes of at least 4 members (excludes halogenated alkanes) is 4. The number of nitrogens with one attached hydrogen (secondary N) is 1. The highest BCUT2D eigenvalue weighted by Crippen LogP contribution is 2.37. The molecule has 0 spiro atoms. The monoisotopic (exact) mass is 770 g/mol. The number of hydrogen-bond donors (Lipinski definition) is 1. The van der Waals surface area contributed by atoms with Gasteiger partial charge in [0.25, 0.3) is 5.91 Å². The summed E-state index contributed by atoms with van der Waals surface area (Å²) in [4.78, 5) is 45.5. The molecule has 56 heavy (non-hydrogen) atoms. The van der Waals surface area contributed by atoms with Crippen molar-refractivity contribution < 1.29 is 32.3 Å². The molecule has 0 radical (unpaired) electrons. The summed E-state index contributed by atoms with van der Waals surface area (Å²) < 4.78 is 46.4. The number of hydrogen-bond acceptors (Lipinski definition) is 8. The van der Waals surface area contributed by atoms with Gasteiger partial charge in [-0.2, -0.15) is 18.4 Å². The van der Waals surface area contributed by atoms with Gasteiger partial charge in [0.05, 0.1) is 23.8 Å². The van der Waals surface area contributed by atoms with Gasteiger partial charge in [-0.3, -0.25) is 24.6 Å². The molecule has 13 heteroatoms. The number of piperidine rings is 2. The van der Waals surface area contributed by atoms with E-state index in [1.54, 1.807) is 17.0 Å². The van der Waals surface area contributed by atoms with E-state index in [1.165, 1.54) is 30.9 Å². The Balaban J connectivity index is 0.746. The molecule has 1 atom stereocenters. The number of imide groups is 1. The Morgan fingerprint density at radius 2 is 1.46 bits per heavy atom. The van der Waals surface area contributed by atoms with Crippen LogP contribution in [0.3, 0.4) is 0 Å². The summed E-state index contributed by atoms with van der Waals surface area (Å²) >= 11 is 0. The molecule has 1 N–H and O–H groups in total. The minimum Gasteiger partial charge on any atom is -0.494 e. The summed E-state index contributed by atoms with van der Waals surface area (Å²) in [6.45, 7) is 7.31. The molecule has 1 unspecified atom stereocenters. The standard InChI is InChI=1S/C43H49F3N6O4/c44-43(45,46)38-27-35(9-6-32(38)28-47)50-19-16-31(17-20-50)30-7-11-36(12-8-30)56-25-5-3-1-2-4-18-49-21-23-51(24-22-49)34-10-13-37-33(26-34)29-52(42(37)55)39-14-15-40(53)48-41(39)54/h6-13,26-27,31,39H,1-5,14-25,29H2,(H,48,53,54). The van der Waals surface area contributed by atoms with Gasteiger partial charge < -0.3 is 19.4 Å². The third kappa shape index (κ3) is 9.13. The van der Waals surface area contributed by atoms with Crippen molar-refractivity contribution >= 4 is 29.1 Å². The molecule has 0 aliphatic carbocycles. The molecule has 3 fully saturated rings. The van der Waals surface area contributed by atoms with Crippen LogP contribution in [-0.4, -0.2) is 86.0 Å². The van der Waals surface area contributed by atoms with Crippen LogP contribution in [0.5, 0.6) is 5.75 Å². The van der Waals surface area contributed by atoms with Crippen LogP contribution in [0.25, 0.3) is 0 Å². The Labute approximate surface area is 326 Å². The molecule has 3 aromatic rings. The fraction of sp³-hybridized carbons (Fsp3) is 0.488. The lowest BCUT2D eigenvalue weighted by Gasteiger charge is -2.36. The average Bonchev–Trinajstić information content (AvgIpc) is 3.53. The summed E-state index contributed by atoms with van der Waals surface area (Å²) in [5.74, 6) is 0.378. The first-order valence-electron chi connectivity index (χ1n) is 19.9. The maximum atomic E-state index is 13.4. The van der Waals surface area contributed by atoms with E-state index in [-0.39, 0.29) is 29.7 Å². The van der Waals surface area contributed by atoms with Gasteiger partial charge >= 0.3 is 6.18 Å². The third-order valence-electron chi connectivity index (χ3n) is 11.8. The molecule has 4 aliphatic rings. The number of carbonyl (C=O) groups is 3. The maximum Gasteiger partial charge on any atom is 0.417 e. The Bertz CT molecular complexity index is 1930. The first-order chi connectivity index (χ1) is 27.1. The van der Waals surface area contributed by atoms with Crippen LogP contribution in [-0.2, 0) is 22.3 Å². The Hall–Kier alpha value is -5.09. The van der Waals surface area contributed by atoms with Crippen molar-refractivity contribution in [2.75, 3.05) is 62.2 Å². The van der Waals surface area contributed by atoms with Crippen LogP contribution in [0.4, 0.5) is 24.5 Å². The number of ether oxygens (including phenoxy) is 1. The maximum absolute atomic E-state index is 13.4. The van der Waals surface area contributed by atoms with Crippen LogP contribution in [0.1, 0.15) is 96.3 Å². The zero-order chi connectivity index (χ0) is 39.2. The van der Waals surface area contributed by atoms with E-state index in [0.29, 0.717) is 49.8 Å². The molecule has 10 nitrogen and oxygen atoms in total. The van der Waals surface area contributed by atoms with Gasteiger partial charge in [-0.1, -0.05) is 31.4 Å². The summed E-state index contributed by atoms with van der Waals surface area (Å²) in [6.07, 6.45) is 3.38. The lowest BCUT2D eigenvalue weighted by atomic mass is 9.89. The largest absolute Gasteiger partial charge is 0.494 e. The molecule has 4 heterocycles. The first-order valence-corrected chi connectivity index (χ1v) is 19.9. The van der Waals surface area contributed by atoms with Gasteiger partial charge in [0.1, 0.15) is 11.8 Å². The number of nitriles is 1. The minimum absolute atomic E-state index is 0.141. The Kier molecular flexibility index (Phi) is 12.1. The number of alkyl halides is 3. The number of anilines is 2. The number of rotatable bonds is 13. The summed E-state index contributed by atoms with van der Waals surface area (Å²) in [5, 5.41) is 11.5. The van der Waals surface area contributed by atoms with Crippen LogP contribution in [0.2, 0.25) is 0 Å². The Morgan fingerprint density at radius 1 is 0.786 bits per heavy atom.